The molecule has 25 heavy (non-hydrogen) atoms. The van der Waals surface area contributed by atoms with E-state index in [-0.39, 0.29) is 17.7 Å². The third-order valence-electron chi connectivity index (χ3n) is 4.63. The van der Waals surface area contributed by atoms with Gasteiger partial charge in [-0.15, -0.1) is 0 Å². The molecule has 0 aliphatic heterocycles. The van der Waals surface area contributed by atoms with Crippen molar-refractivity contribution >= 4 is 27.7 Å². The van der Waals surface area contributed by atoms with Gasteiger partial charge in [0.05, 0.1) is 0 Å². The van der Waals surface area contributed by atoms with Crippen molar-refractivity contribution in [1.82, 2.24) is 10.9 Å². The number of carbonyl (C=O) groups excluding carboxylic acids is 2. The van der Waals surface area contributed by atoms with Crippen LogP contribution in [0.15, 0.2) is 28.7 Å². The highest BCUT2D eigenvalue weighted by atomic mass is 79.9. The topological polar surface area (TPSA) is 67.4 Å². The maximum Gasteiger partial charge on any atom is 0.279 e. The summed E-state index contributed by atoms with van der Waals surface area (Å²) in [5, 5.41) is 0. The second-order valence-electron chi connectivity index (χ2n) is 6.78. The molecular weight excluding hydrogens is 384 g/mol. The Balaban J connectivity index is 1.84. The summed E-state index contributed by atoms with van der Waals surface area (Å²) in [7, 11) is 0. The van der Waals surface area contributed by atoms with Gasteiger partial charge in [0, 0.05) is 10.4 Å². The second kappa shape index (κ2) is 9.80. The van der Waals surface area contributed by atoms with Crippen molar-refractivity contribution in [3.63, 3.8) is 0 Å². The van der Waals surface area contributed by atoms with Crippen molar-refractivity contribution in [3.8, 4) is 5.75 Å². The maximum absolute atomic E-state index is 12.4. The van der Waals surface area contributed by atoms with Crippen molar-refractivity contribution in [2.45, 2.75) is 58.5 Å². The van der Waals surface area contributed by atoms with Gasteiger partial charge in [0.15, 0.2) is 6.10 Å². The fraction of sp³-hybridized carbons (Fsp3) is 0.579. The van der Waals surface area contributed by atoms with Gasteiger partial charge in [-0.3, -0.25) is 20.4 Å². The van der Waals surface area contributed by atoms with Gasteiger partial charge >= 0.3 is 0 Å². The number of carbonyl (C=O) groups is 2. The van der Waals surface area contributed by atoms with E-state index in [1.807, 2.05) is 31.2 Å². The van der Waals surface area contributed by atoms with Crippen LogP contribution >= 0.6 is 15.9 Å². The van der Waals surface area contributed by atoms with E-state index in [2.05, 4.69) is 33.7 Å². The third-order valence-corrected chi connectivity index (χ3v) is 5.16. The van der Waals surface area contributed by atoms with Gasteiger partial charge in [0.1, 0.15) is 5.75 Å². The van der Waals surface area contributed by atoms with E-state index in [0.29, 0.717) is 18.1 Å². The van der Waals surface area contributed by atoms with Gasteiger partial charge in [0.25, 0.3) is 5.91 Å². The number of hydrogen-bond donors (Lipinski definition) is 2. The largest absolute Gasteiger partial charge is 0.481 e. The van der Waals surface area contributed by atoms with E-state index in [4.69, 9.17) is 4.74 Å². The Kier molecular flexibility index (Phi) is 7.75. The Hall–Kier alpha value is -1.56. The number of hydrogen-bond acceptors (Lipinski definition) is 3. The molecule has 1 saturated carbocycles. The number of rotatable bonds is 6. The molecule has 0 bridgehead atoms. The fourth-order valence-corrected chi connectivity index (χ4v) is 3.28. The van der Waals surface area contributed by atoms with Crippen LogP contribution in [0.2, 0.25) is 0 Å². The summed E-state index contributed by atoms with van der Waals surface area (Å²) >= 11 is 3.37. The molecule has 2 amide bonds. The van der Waals surface area contributed by atoms with Crippen LogP contribution in [0.4, 0.5) is 0 Å². The van der Waals surface area contributed by atoms with Gasteiger partial charge in [0.2, 0.25) is 5.91 Å². The van der Waals surface area contributed by atoms with Crippen molar-refractivity contribution < 1.29 is 14.3 Å². The first-order valence-electron chi connectivity index (χ1n) is 9.01. The summed E-state index contributed by atoms with van der Waals surface area (Å²) in [6.07, 6.45) is 4.67. The molecule has 138 valence electrons. The molecule has 0 unspecified atom stereocenters. The van der Waals surface area contributed by atoms with E-state index in [9.17, 15) is 9.59 Å². The maximum atomic E-state index is 12.4. The molecule has 5 nitrogen and oxygen atoms in total. The average molecular weight is 411 g/mol. The minimum absolute atomic E-state index is 0.00600. The summed E-state index contributed by atoms with van der Waals surface area (Å²) in [6.45, 7) is 4.21. The minimum Gasteiger partial charge on any atom is -0.481 e. The number of amides is 2. The fourth-order valence-electron chi connectivity index (χ4n) is 3.01. The third kappa shape index (κ3) is 6.34. The highest BCUT2D eigenvalue weighted by Crippen LogP contribution is 2.28. The van der Waals surface area contributed by atoms with Crippen molar-refractivity contribution in [1.29, 1.82) is 0 Å². The summed E-state index contributed by atoms with van der Waals surface area (Å²) in [4.78, 5) is 24.6. The number of halogens is 1. The summed E-state index contributed by atoms with van der Waals surface area (Å²) in [5.41, 5.74) is 5.11. The quantitative estimate of drug-likeness (QED) is 0.697. The molecule has 1 aliphatic carbocycles. The van der Waals surface area contributed by atoms with Crippen LogP contribution in [0.3, 0.4) is 0 Å². The van der Waals surface area contributed by atoms with Crippen LogP contribution in [0.5, 0.6) is 5.75 Å². The minimum atomic E-state index is -0.627. The first kappa shape index (κ1) is 19.8. The smallest absolute Gasteiger partial charge is 0.279 e. The molecule has 2 N–H and O–H groups in total. The van der Waals surface area contributed by atoms with Crippen molar-refractivity contribution in [2.75, 3.05) is 0 Å². The number of hydrazine groups is 1. The summed E-state index contributed by atoms with van der Waals surface area (Å²) in [5.74, 6) is 0.895. The van der Waals surface area contributed by atoms with Crippen LogP contribution in [0.25, 0.3) is 0 Å². The Labute approximate surface area is 158 Å². The highest BCUT2D eigenvalue weighted by Gasteiger charge is 2.26. The molecule has 1 aliphatic rings. The zero-order valence-corrected chi connectivity index (χ0v) is 16.5. The Bertz CT molecular complexity index is 569. The molecule has 0 saturated heterocycles. The predicted molar refractivity (Wildman–Crippen MR) is 101 cm³/mol. The predicted octanol–water partition coefficient (Wildman–Crippen LogP) is 3.97. The molecule has 6 heteroatoms. The van der Waals surface area contributed by atoms with E-state index < -0.39 is 6.10 Å². The lowest BCUT2D eigenvalue weighted by Gasteiger charge is -2.25. The summed E-state index contributed by atoms with van der Waals surface area (Å²) < 4.78 is 6.73. The molecule has 0 spiro atoms. The number of ether oxygens (including phenoxy) is 1. The lowest BCUT2D eigenvalue weighted by atomic mass is 9.83. The standard InChI is InChI=1S/C19H27BrN2O3/c1-3-4-17(25-16-11-9-15(20)10-12-16)19(24)22-21-18(23)14-7-5-13(2)6-8-14/h9-14,17H,3-8H2,1-2H3,(H,21,23)(H,22,24)/t13?,14?,17-/m1/s1. The van der Waals surface area contributed by atoms with Crippen molar-refractivity contribution in [3.05, 3.63) is 28.7 Å². The van der Waals surface area contributed by atoms with Gasteiger partial charge in [-0.05, 0) is 62.3 Å². The molecule has 0 aromatic heterocycles. The first-order chi connectivity index (χ1) is 12.0. The van der Waals surface area contributed by atoms with E-state index in [0.717, 1.165) is 36.6 Å². The van der Waals surface area contributed by atoms with E-state index >= 15 is 0 Å². The van der Waals surface area contributed by atoms with Gasteiger partial charge in [-0.25, -0.2) is 0 Å². The van der Waals surface area contributed by atoms with Crippen LogP contribution in [-0.4, -0.2) is 17.9 Å². The SMILES string of the molecule is CCC[C@@H](Oc1ccc(Br)cc1)C(=O)NNC(=O)C1CCC(C)CC1. The van der Waals surface area contributed by atoms with Crippen LogP contribution in [-0.2, 0) is 9.59 Å². The molecular formula is C19H27BrN2O3. The zero-order valence-electron chi connectivity index (χ0n) is 14.9. The molecule has 0 radical (unpaired) electrons. The molecule has 2 rings (SSSR count). The molecule has 0 heterocycles. The van der Waals surface area contributed by atoms with E-state index in [1.165, 1.54) is 0 Å². The molecule has 1 aromatic carbocycles. The Morgan fingerprint density at radius 3 is 2.40 bits per heavy atom. The molecule has 1 fully saturated rings. The normalized spacial score (nSPS) is 21.2. The molecule has 1 aromatic rings. The average Bonchev–Trinajstić information content (AvgIpc) is 2.61. The van der Waals surface area contributed by atoms with Gasteiger partial charge in [-0.1, -0.05) is 36.2 Å². The monoisotopic (exact) mass is 410 g/mol. The Morgan fingerprint density at radius 2 is 1.80 bits per heavy atom. The Morgan fingerprint density at radius 1 is 1.16 bits per heavy atom. The lowest BCUT2D eigenvalue weighted by molar-refractivity contribution is -0.135. The number of benzene rings is 1. The van der Waals surface area contributed by atoms with Crippen LogP contribution < -0.4 is 15.6 Å². The highest BCUT2D eigenvalue weighted by molar-refractivity contribution is 9.10. The van der Waals surface area contributed by atoms with Gasteiger partial charge in [-0.2, -0.15) is 0 Å². The first-order valence-corrected chi connectivity index (χ1v) is 9.80. The zero-order chi connectivity index (χ0) is 18.2. The molecule has 1 atom stereocenters. The van der Waals surface area contributed by atoms with Crippen molar-refractivity contribution in [2.24, 2.45) is 11.8 Å². The van der Waals surface area contributed by atoms with Crippen LogP contribution in [0, 0.1) is 11.8 Å². The summed E-state index contributed by atoms with van der Waals surface area (Å²) in [6, 6.07) is 7.34. The van der Waals surface area contributed by atoms with Gasteiger partial charge < -0.3 is 4.74 Å². The second-order valence-corrected chi connectivity index (χ2v) is 7.70. The van der Waals surface area contributed by atoms with Crippen LogP contribution in [0.1, 0.15) is 52.4 Å². The lowest BCUT2D eigenvalue weighted by Crippen LogP contribution is -2.50. The van der Waals surface area contributed by atoms with E-state index in [1.54, 1.807) is 0 Å². The number of nitrogens with one attached hydrogen (secondary N) is 2.